The Balaban J connectivity index is 1.94. The van der Waals surface area contributed by atoms with Crippen LogP contribution < -0.4 is 0 Å². The van der Waals surface area contributed by atoms with Crippen molar-refractivity contribution in [2.75, 3.05) is 32.8 Å². The van der Waals surface area contributed by atoms with Crippen molar-refractivity contribution in [1.29, 1.82) is 0 Å². The molecule has 0 aromatic carbocycles. The summed E-state index contributed by atoms with van der Waals surface area (Å²) in [7, 11) is 0. The van der Waals surface area contributed by atoms with Gasteiger partial charge in [0.25, 0.3) is 5.91 Å². The second kappa shape index (κ2) is 7.26. The van der Waals surface area contributed by atoms with Gasteiger partial charge in [0.05, 0.1) is 18.1 Å². The van der Waals surface area contributed by atoms with Crippen LogP contribution in [0.4, 0.5) is 0 Å². The highest BCUT2D eigenvalue weighted by Gasteiger charge is 2.32. The second-order valence-electron chi connectivity index (χ2n) is 4.67. The van der Waals surface area contributed by atoms with E-state index in [1.54, 1.807) is 4.90 Å². The van der Waals surface area contributed by atoms with Gasteiger partial charge < -0.3 is 9.64 Å². The van der Waals surface area contributed by atoms with E-state index in [0.717, 1.165) is 57.0 Å². The van der Waals surface area contributed by atoms with Crippen LogP contribution in [0.3, 0.4) is 0 Å². The van der Waals surface area contributed by atoms with Crippen molar-refractivity contribution in [2.45, 2.75) is 26.2 Å². The van der Waals surface area contributed by atoms with Crippen LogP contribution in [0, 0.1) is 0 Å². The molecule has 1 amide bonds. The predicted molar refractivity (Wildman–Crippen MR) is 81.9 cm³/mol. The molecule has 4 nitrogen and oxygen atoms in total. The molecule has 2 fully saturated rings. The van der Waals surface area contributed by atoms with Gasteiger partial charge in [0.2, 0.25) is 0 Å². The Hall–Kier alpha value is -0.590. The number of carbonyl (C=O) groups excluding carboxylic acids is 1. The van der Waals surface area contributed by atoms with Crippen molar-refractivity contribution in [1.82, 2.24) is 9.80 Å². The summed E-state index contributed by atoms with van der Waals surface area (Å²) in [4.78, 5) is 16.9. The van der Waals surface area contributed by atoms with Crippen LogP contribution in [0.1, 0.15) is 26.2 Å². The van der Waals surface area contributed by atoms with Gasteiger partial charge in [0.1, 0.15) is 4.32 Å². The van der Waals surface area contributed by atoms with Crippen molar-refractivity contribution in [3.8, 4) is 0 Å². The van der Waals surface area contributed by atoms with E-state index in [1.807, 2.05) is 6.20 Å². The monoisotopic (exact) mass is 300 g/mol. The van der Waals surface area contributed by atoms with Gasteiger partial charge in [-0.15, -0.1) is 0 Å². The maximum Gasteiger partial charge on any atom is 0.267 e. The Labute approximate surface area is 124 Å². The average molecular weight is 300 g/mol. The van der Waals surface area contributed by atoms with Gasteiger partial charge in [-0.2, -0.15) is 0 Å². The summed E-state index contributed by atoms with van der Waals surface area (Å²) in [6, 6.07) is 0. The van der Waals surface area contributed by atoms with E-state index in [0.29, 0.717) is 4.32 Å². The minimum absolute atomic E-state index is 0.0672. The summed E-state index contributed by atoms with van der Waals surface area (Å²) in [6.07, 6.45) is 5.26. The van der Waals surface area contributed by atoms with Crippen LogP contribution in [0.15, 0.2) is 11.1 Å². The van der Waals surface area contributed by atoms with Gasteiger partial charge in [-0.25, -0.2) is 0 Å². The number of thioether (sulfide) groups is 1. The van der Waals surface area contributed by atoms with Crippen LogP contribution in [0.2, 0.25) is 0 Å². The number of ether oxygens (including phenoxy) is 1. The SMILES string of the molecule is CCCCCN1C(=O)/C(=C\N2CCOCC2)SC1=S. The maximum atomic E-state index is 12.3. The summed E-state index contributed by atoms with van der Waals surface area (Å²) in [5, 5.41) is 0. The van der Waals surface area contributed by atoms with E-state index in [2.05, 4.69) is 11.8 Å². The number of unbranched alkanes of at least 4 members (excludes halogenated alkanes) is 2. The van der Waals surface area contributed by atoms with Crippen LogP contribution in [0.5, 0.6) is 0 Å². The first-order valence-corrected chi connectivity index (χ1v) is 8.02. The fourth-order valence-corrected chi connectivity index (χ4v) is 3.39. The number of carbonyl (C=O) groups is 1. The topological polar surface area (TPSA) is 32.8 Å². The van der Waals surface area contributed by atoms with E-state index in [4.69, 9.17) is 17.0 Å². The zero-order valence-corrected chi connectivity index (χ0v) is 12.9. The number of nitrogens with zero attached hydrogens (tertiary/aromatic N) is 2. The molecule has 0 aromatic heterocycles. The first-order valence-electron chi connectivity index (χ1n) is 6.79. The maximum absolute atomic E-state index is 12.3. The first-order chi connectivity index (χ1) is 9.22. The minimum atomic E-state index is 0.0672. The molecular formula is C13H20N2O2S2. The highest BCUT2D eigenvalue weighted by Crippen LogP contribution is 2.31. The minimum Gasteiger partial charge on any atom is -0.378 e. The molecule has 0 N–H and O–H groups in total. The quantitative estimate of drug-likeness (QED) is 0.442. The number of hydrogen-bond acceptors (Lipinski definition) is 5. The van der Waals surface area contributed by atoms with Crippen molar-refractivity contribution in [3.05, 3.63) is 11.1 Å². The molecule has 0 aliphatic carbocycles. The highest BCUT2D eigenvalue weighted by molar-refractivity contribution is 8.26. The molecule has 0 spiro atoms. The summed E-state index contributed by atoms with van der Waals surface area (Å²) in [5.74, 6) is 0.0672. The Morgan fingerprint density at radius 1 is 1.37 bits per heavy atom. The van der Waals surface area contributed by atoms with Gasteiger partial charge in [0.15, 0.2) is 0 Å². The molecule has 0 unspecified atom stereocenters. The molecule has 0 aromatic rings. The molecule has 2 aliphatic heterocycles. The van der Waals surface area contributed by atoms with E-state index >= 15 is 0 Å². The number of thiocarbonyl (C=S) groups is 1. The Morgan fingerprint density at radius 3 is 2.79 bits per heavy atom. The first kappa shape index (κ1) is 14.8. The lowest BCUT2D eigenvalue weighted by Gasteiger charge is -2.25. The van der Waals surface area contributed by atoms with Gasteiger partial charge >= 0.3 is 0 Å². The van der Waals surface area contributed by atoms with Crippen LogP contribution in [-0.4, -0.2) is 52.9 Å². The van der Waals surface area contributed by atoms with E-state index in [-0.39, 0.29) is 5.91 Å². The molecule has 0 saturated carbocycles. The largest absolute Gasteiger partial charge is 0.378 e. The van der Waals surface area contributed by atoms with Crippen molar-refractivity contribution >= 4 is 34.2 Å². The summed E-state index contributed by atoms with van der Waals surface area (Å²) in [5.41, 5.74) is 0. The smallest absolute Gasteiger partial charge is 0.267 e. The van der Waals surface area contributed by atoms with E-state index in [1.165, 1.54) is 11.8 Å². The molecule has 6 heteroatoms. The van der Waals surface area contributed by atoms with Crippen LogP contribution in [-0.2, 0) is 9.53 Å². The van der Waals surface area contributed by atoms with E-state index in [9.17, 15) is 4.79 Å². The summed E-state index contributed by atoms with van der Waals surface area (Å²) in [6.45, 7) is 6.06. The molecule has 19 heavy (non-hydrogen) atoms. The Kier molecular flexibility index (Phi) is 5.66. The number of amides is 1. The highest BCUT2D eigenvalue weighted by atomic mass is 32.2. The van der Waals surface area contributed by atoms with Crippen molar-refractivity contribution < 1.29 is 9.53 Å². The van der Waals surface area contributed by atoms with E-state index < -0.39 is 0 Å². The molecule has 2 saturated heterocycles. The van der Waals surface area contributed by atoms with Gasteiger partial charge in [-0.05, 0) is 6.42 Å². The lowest BCUT2D eigenvalue weighted by atomic mass is 10.2. The molecule has 0 bridgehead atoms. The standard InChI is InChI=1S/C13H20N2O2S2/c1-2-3-4-5-15-12(16)11(19-13(15)18)10-14-6-8-17-9-7-14/h10H,2-9H2,1H3/b11-10+. The predicted octanol–water partition coefficient (Wildman–Crippen LogP) is 2.21. The second-order valence-corrected chi connectivity index (χ2v) is 6.35. The van der Waals surface area contributed by atoms with Crippen molar-refractivity contribution in [2.24, 2.45) is 0 Å². The fraction of sp³-hybridized carbons (Fsp3) is 0.692. The average Bonchev–Trinajstić information content (AvgIpc) is 2.68. The zero-order valence-electron chi connectivity index (χ0n) is 11.3. The molecule has 0 atom stereocenters. The summed E-state index contributed by atoms with van der Waals surface area (Å²) >= 11 is 6.72. The lowest BCUT2D eigenvalue weighted by molar-refractivity contribution is -0.122. The normalized spacial score (nSPS) is 22.7. The lowest BCUT2D eigenvalue weighted by Crippen LogP contribution is -2.33. The van der Waals surface area contributed by atoms with Crippen LogP contribution >= 0.6 is 24.0 Å². The molecule has 2 aliphatic rings. The molecule has 106 valence electrons. The third-order valence-electron chi connectivity index (χ3n) is 3.20. The molecule has 2 rings (SSSR count). The molecule has 2 heterocycles. The number of morpholine rings is 1. The number of rotatable bonds is 5. The third kappa shape index (κ3) is 3.94. The number of hydrogen-bond donors (Lipinski definition) is 0. The van der Waals surface area contributed by atoms with Gasteiger partial charge in [-0.3, -0.25) is 9.69 Å². The van der Waals surface area contributed by atoms with Crippen molar-refractivity contribution in [3.63, 3.8) is 0 Å². The Bertz CT molecular complexity index is 379. The molecular weight excluding hydrogens is 280 g/mol. The zero-order chi connectivity index (χ0) is 13.7. The van der Waals surface area contributed by atoms with Crippen LogP contribution in [0.25, 0.3) is 0 Å². The summed E-state index contributed by atoms with van der Waals surface area (Å²) < 4.78 is 5.99. The Morgan fingerprint density at radius 2 is 2.11 bits per heavy atom. The fourth-order valence-electron chi connectivity index (χ4n) is 2.08. The molecule has 0 radical (unpaired) electrons. The van der Waals surface area contributed by atoms with Gasteiger partial charge in [-0.1, -0.05) is 43.7 Å². The van der Waals surface area contributed by atoms with Gasteiger partial charge in [0, 0.05) is 25.8 Å². The third-order valence-corrected chi connectivity index (χ3v) is 4.57.